The summed E-state index contributed by atoms with van der Waals surface area (Å²) >= 11 is 0. The largest absolute Gasteiger partial charge is 0.391 e. The molecule has 0 bridgehead atoms. The maximum atomic E-state index is 8.71. The minimum Gasteiger partial charge on any atom is -0.391 e. The second-order valence-corrected chi connectivity index (χ2v) is 3.13. The SMILES string of the molecule is C=C(C)COCC(C)O.OP(O)O. The Kier molecular flexibility index (Phi) is 11.9. The summed E-state index contributed by atoms with van der Waals surface area (Å²) < 4.78 is 5.01. The Bertz CT molecular complexity index is 123. The van der Waals surface area contributed by atoms with E-state index in [2.05, 4.69) is 6.58 Å². The molecule has 0 aromatic carbocycles. The van der Waals surface area contributed by atoms with E-state index < -0.39 is 8.60 Å². The van der Waals surface area contributed by atoms with Crippen molar-refractivity contribution in [3.63, 3.8) is 0 Å². The lowest BCUT2D eigenvalue weighted by atomic mass is 10.4. The zero-order valence-electron chi connectivity index (χ0n) is 7.84. The van der Waals surface area contributed by atoms with Crippen LogP contribution in [0.2, 0.25) is 0 Å². The first-order valence-corrected chi connectivity index (χ1v) is 4.83. The molecule has 0 aliphatic heterocycles. The topological polar surface area (TPSA) is 90.2 Å². The number of ether oxygens (including phenoxy) is 1. The first-order valence-electron chi connectivity index (χ1n) is 3.63. The van der Waals surface area contributed by atoms with Gasteiger partial charge in [-0.25, -0.2) is 0 Å². The molecule has 1 unspecified atom stereocenters. The van der Waals surface area contributed by atoms with Gasteiger partial charge in [0.2, 0.25) is 0 Å². The Balaban J connectivity index is 0. The molecule has 0 heterocycles. The molecule has 80 valence electrons. The van der Waals surface area contributed by atoms with E-state index in [1.54, 1.807) is 6.92 Å². The first kappa shape index (κ1) is 15.4. The molecule has 0 saturated carbocycles. The second kappa shape index (κ2) is 10.1. The molecule has 0 aliphatic carbocycles. The van der Waals surface area contributed by atoms with E-state index in [-0.39, 0.29) is 6.10 Å². The van der Waals surface area contributed by atoms with Crippen molar-refractivity contribution in [3.8, 4) is 0 Å². The van der Waals surface area contributed by atoms with Gasteiger partial charge in [0.05, 0.1) is 19.3 Å². The highest BCUT2D eigenvalue weighted by Gasteiger charge is 1.93. The van der Waals surface area contributed by atoms with Crippen LogP contribution >= 0.6 is 8.60 Å². The lowest BCUT2D eigenvalue weighted by molar-refractivity contribution is 0.0572. The molecule has 0 rings (SSSR count). The zero-order valence-corrected chi connectivity index (χ0v) is 8.74. The minimum atomic E-state index is -2.62. The predicted molar refractivity (Wildman–Crippen MR) is 50.9 cm³/mol. The molecule has 0 aromatic rings. The summed E-state index contributed by atoms with van der Waals surface area (Å²) in [6, 6.07) is 0. The third-order valence-corrected chi connectivity index (χ3v) is 0.708. The van der Waals surface area contributed by atoms with Crippen LogP contribution in [0.15, 0.2) is 12.2 Å². The quantitative estimate of drug-likeness (QED) is 0.393. The van der Waals surface area contributed by atoms with Crippen LogP contribution in [0, 0.1) is 0 Å². The zero-order chi connectivity index (χ0) is 10.9. The fourth-order valence-electron chi connectivity index (χ4n) is 0.404. The van der Waals surface area contributed by atoms with Crippen LogP contribution in [-0.2, 0) is 4.74 Å². The van der Waals surface area contributed by atoms with Gasteiger partial charge in [-0.2, -0.15) is 0 Å². The van der Waals surface area contributed by atoms with Crippen molar-refractivity contribution < 1.29 is 24.5 Å². The molecule has 0 aliphatic rings. The van der Waals surface area contributed by atoms with Crippen molar-refractivity contribution >= 4 is 8.60 Å². The fourth-order valence-corrected chi connectivity index (χ4v) is 0.404. The third-order valence-electron chi connectivity index (χ3n) is 0.708. The third kappa shape index (κ3) is 33.4. The summed E-state index contributed by atoms with van der Waals surface area (Å²) in [4.78, 5) is 21.7. The molecule has 4 N–H and O–H groups in total. The highest BCUT2D eigenvalue weighted by molar-refractivity contribution is 7.38. The normalized spacial score (nSPS) is 11.9. The standard InChI is InChI=1S/C7H14O2.H3O3P/c1-6(2)4-9-5-7(3)8;1-4(2)3/h7-8H,1,4-5H2,2-3H3;1-3H. The number of aliphatic hydroxyl groups is 1. The van der Waals surface area contributed by atoms with Gasteiger partial charge in [0.25, 0.3) is 0 Å². The van der Waals surface area contributed by atoms with Gasteiger partial charge in [-0.05, 0) is 13.8 Å². The first-order chi connectivity index (χ1) is 5.86. The summed E-state index contributed by atoms with van der Waals surface area (Å²) in [6.45, 7) is 8.17. The van der Waals surface area contributed by atoms with Gasteiger partial charge in [-0.1, -0.05) is 12.2 Å². The molecule has 6 heteroatoms. The highest BCUT2D eigenvalue weighted by atomic mass is 31.2. The Labute approximate surface area is 79.3 Å². The van der Waals surface area contributed by atoms with Crippen LogP contribution in [-0.4, -0.2) is 39.1 Å². The Hall–Kier alpha value is -0.0300. The van der Waals surface area contributed by atoms with Crippen LogP contribution in [0.4, 0.5) is 0 Å². The van der Waals surface area contributed by atoms with Crippen molar-refractivity contribution in [1.82, 2.24) is 0 Å². The van der Waals surface area contributed by atoms with E-state index in [4.69, 9.17) is 24.5 Å². The molecular formula is C7H17O5P. The summed E-state index contributed by atoms with van der Waals surface area (Å²) in [5.74, 6) is 0. The van der Waals surface area contributed by atoms with Gasteiger partial charge < -0.3 is 24.5 Å². The summed E-state index contributed by atoms with van der Waals surface area (Å²) in [7, 11) is -2.62. The number of hydrogen-bond acceptors (Lipinski definition) is 5. The Morgan fingerprint density at radius 3 is 2.08 bits per heavy atom. The van der Waals surface area contributed by atoms with Crippen molar-refractivity contribution in [2.24, 2.45) is 0 Å². The number of aliphatic hydroxyl groups excluding tert-OH is 1. The van der Waals surface area contributed by atoms with Crippen molar-refractivity contribution in [2.45, 2.75) is 20.0 Å². The van der Waals surface area contributed by atoms with Gasteiger partial charge in [-0.3, -0.25) is 0 Å². The van der Waals surface area contributed by atoms with Crippen LogP contribution < -0.4 is 0 Å². The summed E-state index contributed by atoms with van der Waals surface area (Å²) in [5, 5.41) is 8.71. The molecule has 0 spiro atoms. The molecule has 0 saturated heterocycles. The van der Waals surface area contributed by atoms with Gasteiger partial charge in [-0.15, -0.1) is 0 Å². The maximum Gasteiger partial charge on any atom is 0.324 e. The van der Waals surface area contributed by atoms with E-state index in [1.165, 1.54) is 0 Å². The fraction of sp³-hybridized carbons (Fsp3) is 0.714. The Morgan fingerprint density at radius 2 is 1.85 bits per heavy atom. The molecule has 5 nitrogen and oxygen atoms in total. The van der Waals surface area contributed by atoms with Gasteiger partial charge in [0.15, 0.2) is 0 Å². The van der Waals surface area contributed by atoms with Crippen molar-refractivity contribution in [1.29, 1.82) is 0 Å². The van der Waals surface area contributed by atoms with Crippen LogP contribution in [0.25, 0.3) is 0 Å². The molecule has 0 fully saturated rings. The molecule has 13 heavy (non-hydrogen) atoms. The minimum absolute atomic E-state index is 0.371. The molecule has 0 radical (unpaired) electrons. The monoisotopic (exact) mass is 212 g/mol. The van der Waals surface area contributed by atoms with E-state index in [9.17, 15) is 0 Å². The van der Waals surface area contributed by atoms with Crippen LogP contribution in [0.1, 0.15) is 13.8 Å². The van der Waals surface area contributed by atoms with Gasteiger partial charge in [0.1, 0.15) is 0 Å². The number of rotatable bonds is 4. The van der Waals surface area contributed by atoms with Crippen LogP contribution in [0.5, 0.6) is 0 Å². The van der Waals surface area contributed by atoms with Gasteiger partial charge in [0, 0.05) is 0 Å². The average Bonchev–Trinajstić information content (AvgIpc) is 1.83. The van der Waals surface area contributed by atoms with Crippen molar-refractivity contribution in [2.75, 3.05) is 13.2 Å². The molecule has 1 atom stereocenters. The summed E-state index contributed by atoms with van der Waals surface area (Å²) in [5.41, 5.74) is 0.982. The van der Waals surface area contributed by atoms with E-state index in [0.717, 1.165) is 5.57 Å². The maximum absolute atomic E-state index is 8.71. The van der Waals surface area contributed by atoms with Crippen LogP contribution in [0.3, 0.4) is 0 Å². The van der Waals surface area contributed by atoms with E-state index in [0.29, 0.717) is 13.2 Å². The Morgan fingerprint density at radius 1 is 1.46 bits per heavy atom. The average molecular weight is 212 g/mol. The summed E-state index contributed by atoms with van der Waals surface area (Å²) in [6.07, 6.45) is -0.371. The van der Waals surface area contributed by atoms with E-state index >= 15 is 0 Å². The molecular weight excluding hydrogens is 195 g/mol. The lowest BCUT2D eigenvalue weighted by Crippen LogP contribution is -2.10. The molecule has 0 amide bonds. The predicted octanol–water partition coefficient (Wildman–Crippen LogP) is 0.150. The highest BCUT2D eigenvalue weighted by Crippen LogP contribution is 2.11. The molecule has 0 aromatic heterocycles. The van der Waals surface area contributed by atoms with Crippen molar-refractivity contribution in [3.05, 3.63) is 12.2 Å². The smallest absolute Gasteiger partial charge is 0.324 e. The second-order valence-electron chi connectivity index (χ2n) is 2.59. The van der Waals surface area contributed by atoms with E-state index in [1.807, 2.05) is 6.92 Å². The van der Waals surface area contributed by atoms with Gasteiger partial charge >= 0.3 is 8.60 Å². The number of hydrogen-bond donors (Lipinski definition) is 4. The lowest BCUT2D eigenvalue weighted by Gasteiger charge is -2.04.